The molecule has 2 amide bonds. The highest BCUT2D eigenvalue weighted by Gasteiger charge is 2.39. The van der Waals surface area contributed by atoms with Crippen molar-refractivity contribution >= 4 is 28.9 Å². The lowest BCUT2D eigenvalue weighted by Gasteiger charge is -2.40. The molecule has 6 rings (SSSR count). The molecule has 0 radical (unpaired) electrons. The van der Waals surface area contributed by atoms with E-state index < -0.39 is 0 Å². The number of aliphatic hydroxyl groups is 1. The van der Waals surface area contributed by atoms with Crippen molar-refractivity contribution in [1.29, 1.82) is 0 Å². The van der Waals surface area contributed by atoms with Crippen molar-refractivity contribution in [2.75, 3.05) is 28.2 Å². The van der Waals surface area contributed by atoms with Gasteiger partial charge in [0, 0.05) is 35.9 Å². The van der Waals surface area contributed by atoms with Crippen LogP contribution in [0.2, 0.25) is 0 Å². The number of hydrogen-bond donors (Lipinski definition) is 2. The second-order valence-corrected chi connectivity index (χ2v) is 9.54. The molecule has 2 aliphatic heterocycles. The van der Waals surface area contributed by atoms with Crippen LogP contribution in [-0.2, 0) is 0 Å². The first-order chi connectivity index (χ1) is 18.1. The van der Waals surface area contributed by atoms with E-state index in [0.29, 0.717) is 36.3 Å². The van der Waals surface area contributed by atoms with E-state index in [9.17, 15) is 14.7 Å². The number of benzene rings is 4. The van der Waals surface area contributed by atoms with Crippen LogP contribution >= 0.6 is 0 Å². The molecule has 2 N–H and O–H groups in total. The molecule has 4 aromatic carbocycles. The molecule has 37 heavy (non-hydrogen) atoms. The van der Waals surface area contributed by atoms with Gasteiger partial charge < -0.3 is 20.2 Å². The summed E-state index contributed by atoms with van der Waals surface area (Å²) < 4.78 is 0. The van der Waals surface area contributed by atoms with Crippen LogP contribution in [0.25, 0.3) is 11.1 Å². The summed E-state index contributed by atoms with van der Waals surface area (Å²) in [7, 11) is 0. The molecule has 2 aliphatic rings. The second-order valence-electron chi connectivity index (χ2n) is 9.54. The fourth-order valence-corrected chi connectivity index (χ4v) is 5.40. The van der Waals surface area contributed by atoms with Crippen LogP contribution in [0.4, 0.5) is 17.1 Å². The minimum Gasteiger partial charge on any atom is -0.391 e. The largest absolute Gasteiger partial charge is 0.391 e. The smallest absolute Gasteiger partial charge is 0.258 e. The Balaban J connectivity index is 1.21. The SMILES string of the molecule is O=C(Nc1ccc(C(=O)N2C[C@H]3C[C@@H](O)CN3c3ccccc32)cc1)c1ccccc1-c1ccccc1. The van der Waals surface area contributed by atoms with Crippen molar-refractivity contribution < 1.29 is 14.7 Å². The van der Waals surface area contributed by atoms with Crippen LogP contribution in [0, 0.1) is 0 Å². The topological polar surface area (TPSA) is 72.9 Å². The molecular formula is C31H27N3O3. The van der Waals surface area contributed by atoms with Gasteiger partial charge in [0.1, 0.15) is 0 Å². The van der Waals surface area contributed by atoms with Gasteiger partial charge in [-0.25, -0.2) is 0 Å². The highest BCUT2D eigenvalue weighted by molar-refractivity contribution is 6.10. The van der Waals surface area contributed by atoms with Crippen LogP contribution in [0.3, 0.4) is 0 Å². The van der Waals surface area contributed by atoms with Gasteiger partial charge in [0.05, 0.1) is 17.5 Å². The lowest BCUT2D eigenvalue weighted by atomic mass is 9.99. The zero-order valence-corrected chi connectivity index (χ0v) is 20.2. The third-order valence-electron chi connectivity index (χ3n) is 7.16. The number of aliphatic hydroxyl groups excluding tert-OH is 1. The number of carbonyl (C=O) groups is 2. The number of nitrogens with zero attached hydrogens (tertiary/aromatic N) is 2. The number of amides is 2. The second kappa shape index (κ2) is 9.56. The first-order valence-electron chi connectivity index (χ1n) is 12.5. The summed E-state index contributed by atoms with van der Waals surface area (Å²) in [5.41, 5.74) is 5.42. The zero-order valence-electron chi connectivity index (χ0n) is 20.2. The standard InChI is InChI=1S/C31H27N3O3/c35-25-18-24-19-34(29-13-7-6-12-28(29)33(24)20-25)31(37)22-14-16-23(17-15-22)32-30(36)27-11-5-4-10-26(27)21-8-2-1-3-9-21/h1-17,24-25,35H,18-20H2,(H,32,36)/t24-,25-/m1/s1. The Morgan fingerprint density at radius 1 is 0.757 bits per heavy atom. The molecule has 1 fully saturated rings. The molecular weight excluding hydrogens is 462 g/mol. The Kier molecular flexibility index (Phi) is 5.94. The molecule has 0 unspecified atom stereocenters. The molecule has 0 saturated carbocycles. The van der Waals surface area contributed by atoms with Crippen molar-refractivity contribution in [3.05, 3.63) is 114 Å². The summed E-state index contributed by atoms with van der Waals surface area (Å²) in [5, 5.41) is 13.2. The number of anilines is 3. The molecule has 4 aromatic rings. The molecule has 184 valence electrons. The van der Waals surface area contributed by atoms with Gasteiger partial charge in [-0.2, -0.15) is 0 Å². The van der Waals surface area contributed by atoms with Gasteiger partial charge >= 0.3 is 0 Å². The van der Waals surface area contributed by atoms with Crippen LogP contribution in [0.5, 0.6) is 0 Å². The van der Waals surface area contributed by atoms with Gasteiger partial charge in [0.25, 0.3) is 11.8 Å². The zero-order chi connectivity index (χ0) is 25.4. The van der Waals surface area contributed by atoms with E-state index in [4.69, 9.17) is 0 Å². The molecule has 2 heterocycles. The van der Waals surface area contributed by atoms with Gasteiger partial charge in [-0.1, -0.05) is 60.7 Å². The molecule has 6 nitrogen and oxygen atoms in total. The van der Waals surface area contributed by atoms with E-state index >= 15 is 0 Å². The monoisotopic (exact) mass is 489 g/mol. The summed E-state index contributed by atoms with van der Waals surface area (Å²) in [4.78, 5) is 30.7. The van der Waals surface area contributed by atoms with E-state index in [1.54, 1.807) is 29.2 Å². The quantitative estimate of drug-likeness (QED) is 0.413. The number of hydrogen-bond acceptors (Lipinski definition) is 4. The van der Waals surface area contributed by atoms with Gasteiger partial charge in [-0.3, -0.25) is 9.59 Å². The predicted molar refractivity (Wildman–Crippen MR) is 146 cm³/mol. The van der Waals surface area contributed by atoms with E-state index in [1.165, 1.54) is 0 Å². The number of fused-ring (bicyclic) bond motifs is 3. The fraction of sp³-hybridized carbons (Fsp3) is 0.161. The van der Waals surface area contributed by atoms with Crippen LogP contribution < -0.4 is 15.1 Å². The lowest BCUT2D eigenvalue weighted by molar-refractivity contribution is 0.0982. The summed E-state index contributed by atoms with van der Waals surface area (Å²) in [6, 6.07) is 32.3. The van der Waals surface area contributed by atoms with Crippen molar-refractivity contribution in [2.24, 2.45) is 0 Å². The van der Waals surface area contributed by atoms with Crippen molar-refractivity contribution in [1.82, 2.24) is 0 Å². The normalized spacial score (nSPS) is 18.2. The minimum absolute atomic E-state index is 0.0945. The van der Waals surface area contributed by atoms with Crippen molar-refractivity contribution in [3.63, 3.8) is 0 Å². The van der Waals surface area contributed by atoms with E-state index in [-0.39, 0.29) is 24.0 Å². The van der Waals surface area contributed by atoms with E-state index in [2.05, 4.69) is 10.2 Å². The first kappa shape index (κ1) is 23.0. The summed E-state index contributed by atoms with van der Waals surface area (Å²) >= 11 is 0. The average molecular weight is 490 g/mol. The molecule has 6 heteroatoms. The Bertz CT molecular complexity index is 1450. The van der Waals surface area contributed by atoms with E-state index in [1.807, 2.05) is 78.9 Å². The minimum atomic E-state index is -0.386. The maximum absolute atomic E-state index is 13.5. The number of rotatable bonds is 4. The Labute approximate surface area is 215 Å². The highest BCUT2D eigenvalue weighted by Crippen LogP contribution is 2.40. The van der Waals surface area contributed by atoms with Gasteiger partial charge in [0.2, 0.25) is 0 Å². The number of para-hydroxylation sites is 2. The van der Waals surface area contributed by atoms with Crippen LogP contribution in [0.1, 0.15) is 27.1 Å². The number of nitrogens with one attached hydrogen (secondary N) is 1. The molecule has 0 aromatic heterocycles. The molecule has 0 bridgehead atoms. The Hall–Kier alpha value is -4.42. The van der Waals surface area contributed by atoms with Gasteiger partial charge in [-0.15, -0.1) is 0 Å². The van der Waals surface area contributed by atoms with Crippen molar-refractivity contribution in [2.45, 2.75) is 18.6 Å². The molecule has 2 atom stereocenters. The maximum Gasteiger partial charge on any atom is 0.258 e. The first-order valence-corrected chi connectivity index (χ1v) is 12.5. The molecule has 0 aliphatic carbocycles. The average Bonchev–Trinajstić information content (AvgIpc) is 3.33. The van der Waals surface area contributed by atoms with E-state index in [0.717, 1.165) is 22.5 Å². The van der Waals surface area contributed by atoms with Crippen molar-refractivity contribution in [3.8, 4) is 11.1 Å². The van der Waals surface area contributed by atoms with Gasteiger partial charge in [-0.05, 0) is 60.0 Å². The number of carbonyl (C=O) groups excluding carboxylic acids is 2. The predicted octanol–water partition coefficient (Wildman–Crippen LogP) is 5.21. The fourth-order valence-electron chi connectivity index (χ4n) is 5.40. The molecule has 1 saturated heterocycles. The maximum atomic E-state index is 13.5. The third-order valence-corrected chi connectivity index (χ3v) is 7.16. The third kappa shape index (κ3) is 4.36. The van der Waals surface area contributed by atoms with Crippen LogP contribution in [-0.4, -0.2) is 42.2 Å². The summed E-state index contributed by atoms with van der Waals surface area (Å²) in [6.45, 7) is 1.12. The summed E-state index contributed by atoms with van der Waals surface area (Å²) in [6.07, 6.45) is 0.260. The highest BCUT2D eigenvalue weighted by atomic mass is 16.3. The Morgan fingerprint density at radius 3 is 2.22 bits per heavy atom. The van der Waals surface area contributed by atoms with Gasteiger partial charge in [0.15, 0.2) is 0 Å². The molecule has 0 spiro atoms. The lowest BCUT2D eigenvalue weighted by Crippen LogP contribution is -2.48. The summed E-state index contributed by atoms with van der Waals surface area (Å²) in [5.74, 6) is -0.302. The Morgan fingerprint density at radius 2 is 1.43 bits per heavy atom. The van der Waals surface area contributed by atoms with Crippen LogP contribution in [0.15, 0.2) is 103 Å².